The maximum atomic E-state index is 12.0. The molecule has 1 saturated heterocycles. The smallest absolute Gasteiger partial charge is 0.532 e. The number of carbonyl (C=O) groups is 1. The number of amides is 1. The molecule has 1 amide bonds. The van der Waals surface area contributed by atoms with Crippen LogP contribution in [0.15, 0.2) is 24.3 Å². The maximum absolute atomic E-state index is 12.0. The molecule has 2 aliphatic heterocycles. The number of ether oxygens (including phenoxy) is 1. The summed E-state index contributed by atoms with van der Waals surface area (Å²) in [6, 6.07) is 3.79. The summed E-state index contributed by atoms with van der Waals surface area (Å²) in [6.45, 7) is 5.36. The first-order chi connectivity index (χ1) is 13.4. The summed E-state index contributed by atoms with van der Waals surface area (Å²) in [5.74, 6) is 2.43. The van der Waals surface area contributed by atoms with Crippen molar-refractivity contribution in [1.82, 2.24) is 9.78 Å². The van der Waals surface area contributed by atoms with Gasteiger partial charge in [0.1, 0.15) is 11.3 Å². The molecule has 0 aliphatic carbocycles. The Balaban J connectivity index is 1.67. The van der Waals surface area contributed by atoms with E-state index in [1.807, 2.05) is 19.1 Å². The molecule has 1 aromatic carbocycles. The molecule has 0 bridgehead atoms. The lowest BCUT2D eigenvalue weighted by Gasteiger charge is -2.28. The Hall–Kier alpha value is -2.78. The minimum atomic E-state index is -0.942. The van der Waals surface area contributed by atoms with E-state index in [0.29, 0.717) is 29.7 Å². The Kier molecular flexibility index (Phi) is 4.86. The van der Waals surface area contributed by atoms with Gasteiger partial charge < -0.3 is 25.5 Å². The van der Waals surface area contributed by atoms with Crippen molar-refractivity contribution in [2.24, 2.45) is 11.7 Å². The van der Waals surface area contributed by atoms with Crippen LogP contribution in [0.3, 0.4) is 0 Å². The molecule has 3 heterocycles. The fraction of sp³-hybridized carbons (Fsp3) is 0.368. The highest BCUT2D eigenvalue weighted by Crippen LogP contribution is 2.33. The van der Waals surface area contributed by atoms with Crippen LogP contribution >= 0.6 is 0 Å². The van der Waals surface area contributed by atoms with Gasteiger partial charge in [0.2, 0.25) is 0 Å². The number of benzene rings is 1. The lowest BCUT2D eigenvalue weighted by molar-refractivity contribution is 0.0238. The van der Waals surface area contributed by atoms with E-state index in [0.717, 1.165) is 29.8 Å². The number of nitrogens with two attached hydrogens (primary N) is 1. The Bertz CT molecular complexity index is 942. The quantitative estimate of drug-likeness (QED) is 0.698. The molecule has 146 valence electrons. The summed E-state index contributed by atoms with van der Waals surface area (Å²) in [7, 11) is -0.942. The highest BCUT2D eigenvalue weighted by atomic mass is 16.5. The summed E-state index contributed by atoms with van der Waals surface area (Å²) in [5, 5.41) is 17.4. The van der Waals surface area contributed by atoms with E-state index in [4.69, 9.17) is 15.1 Å². The second-order valence-corrected chi connectivity index (χ2v) is 7.34. The SMILES string of the molecule is Cc1cc2c(cc1Nc1nn(C3COCC[C@@H]3C)cc1C(N)=O)C=CB(O)O2. The molecule has 8 nitrogen and oxygen atoms in total. The predicted octanol–water partition coefficient (Wildman–Crippen LogP) is 2.06. The zero-order valence-corrected chi connectivity index (χ0v) is 15.9. The normalized spacial score (nSPS) is 21.2. The van der Waals surface area contributed by atoms with Gasteiger partial charge in [-0.15, -0.1) is 0 Å². The van der Waals surface area contributed by atoms with Gasteiger partial charge >= 0.3 is 7.12 Å². The lowest BCUT2D eigenvalue weighted by atomic mass is 9.86. The van der Waals surface area contributed by atoms with Crippen LogP contribution in [0.4, 0.5) is 11.5 Å². The highest BCUT2D eigenvalue weighted by molar-refractivity contribution is 6.51. The van der Waals surface area contributed by atoms with E-state index >= 15 is 0 Å². The van der Waals surface area contributed by atoms with Crippen LogP contribution in [0.2, 0.25) is 0 Å². The van der Waals surface area contributed by atoms with E-state index in [-0.39, 0.29) is 6.04 Å². The van der Waals surface area contributed by atoms with Crippen molar-refractivity contribution in [3.05, 3.63) is 41.0 Å². The van der Waals surface area contributed by atoms with Gasteiger partial charge in [0.25, 0.3) is 5.91 Å². The fourth-order valence-corrected chi connectivity index (χ4v) is 3.55. The van der Waals surface area contributed by atoms with Gasteiger partial charge in [-0.05, 0) is 42.9 Å². The van der Waals surface area contributed by atoms with Crippen molar-refractivity contribution in [3.63, 3.8) is 0 Å². The molecule has 9 heteroatoms. The first-order valence-corrected chi connectivity index (χ1v) is 9.33. The standard InChI is InChI=1S/C19H23BN4O4/c1-11-4-6-27-10-16(11)24-9-14(18(21)25)19(23-24)22-15-8-13-3-5-20(26)28-17(13)7-12(15)2/h3,5,7-9,11,16,26H,4,6,10H2,1-2H3,(H2,21,25)(H,22,23)/t11-,16?/m0/s1. The third-order valence-corrected chi connectivity index (χ3v) is 5.30. The maximum Gasteiger partial charge on any atom is 0.552 e. The average Bonchev–Trinajstić information content (AvgIpc) is 3.07. The largest absolute Gasteiger partial charge is 0.552 e. The third-order valence-electron chi connectivity index (χ3n) is 5.30. The number of nitrogens with one attached hydrogen (secondary N) is 1. The molecule has 2 aromatic rings. The molecule has 2 atom stereocenters. The molecule has 1 fully saturated rings. The van der Waals surface area contributed by atoms with Gasteiger partial charge in [0.15, 0.2) is 5.82 Å². The van der Waals surface area contributed by atoms with E-state index in [2.05, 4.69) is 17.3 Å². The average molecular weight is 382 g/mol. The number of rotatable bonds is 4. The predicted molar refractivity (Wildman–Crippen MR) is 106 cm³/mol. The third kappa shape index (κ3) is 3.50. The monoisotopic (exact) mass is 382 g/mol. The van der Waals surface area contributed by atoms with Crippen LogP contribution in [-0.4, -0.2) is 41.0 Å². The van der Waals surface area contributed by atoms with Crippen LogP contribution in [0.1, 0.15) is 40.9 Å². The molecule has 0 radical (unpaired) electrons. The molecule has 1 unspecified atom stereocenters. The minimum absolute atomic E-state index is 0.0600. The van der Waals surface area contributed by atoms with Gasteiger partial charge in [-0.25, -0.2) is 0 Å². The number of fused-ring (bicyclic) bond motifs is 1. The molecule has 0 saturated carbocycles. The lowest BCUT2D eigenvalue weighted by Crippen LogP contribution is -2.28. The van der Waals surface area contributed by atoms with Gasteiger partial charge in [-0.1, -0.05) is 13.0 Å². The number of aryl methyl sites for hydroxylation is 1. The van der Waals surface area contributed by atoms with Gasteiger partial charge in [0, 0.05) is 24.1 Å². The summed E-state index contributed by atoms with van der Waals surface area (Å²) in [5.41, 5.74) is 8.42. The van der Waals surface area contributed by atoms with Crippen LogP contribution in [0.25, 0.3) is 6.08 Å². The first-order valence-electron chi connectivity index (χ1n) is 9.33. The molecule has 28 heavy (non-hydrogen) atoms. The van der Waals surface area contributed by atoms with Crippen molar-refractivity contribution < 1.29 is 19.2 Å². The van der Waals surface area contributed by atoms with Gasteiger partial charge in [-0.3, -0.25) is 9.48 Å². The van der Waals surface area contributed by atoms with Crippen molar-refractivity contribution in [3.8, 4) is 5.75 Å². The van der Waals surface area contributed by atoms with E-state index in [1.54, 1.807) is 22.9 Å². The van der Waals surface area contributed by atoms with E-state index in [9.17, 15) is 9.82 Å². The molecule has 0 spiro atoms. The second kappa shape index (κ2) is 7.33. The van der Waals surface area contributed by atoms with Gasteiger partial charge in [-0.2, -0.15) is 5.10 Å². The molecule has 4 N–H and O–H groups in total. The van der Waals surface area contributed by atoms with E-state index in [1.165, 1.54) is 0 Å². The number of carbonyl (C=O) groups excluding carboxylic acids is 1. The number of hydrogen-bond donors (Lipinski definition) is 3. The van der Waals surface area contributed by atoms with Crippen molar-refractivity contribution in [2.75, 3.05) is 18.5 Å². The van der Waals surface area contributed by atoms with Crippen LogP contribution in [0, 0.1) is 12.8 Å². The Morgan fingerprint density at radius 1 is 1.46 bits per heavy atom. The Morgan fingerprint density at radius 2 is 2.29 bits per heavy atom. The van der Waals surface area contributed by atoms with Crippen molar-refractivity contribution in [1.29, 1.82) is 0 Å². The molecular formula is C19H23BN4O4. The Labute approximate surface area is 163 Å². The fourth-order valence-electron chi connectivity index (χ4n) is 3.55. The van der Waals surface area contributed by atoms with Crippen LogP contribution < -0.4 is 15.7 Å². The zero-order valence-electron chi connectivity index (χ0n) is 15.9. The Morgan fingerprint density at radius 3 is 3.04 bits per heavy atom. The van der Waals surface area contributed by atoms with Crippen LogP contribution in [0.5, 0.6) is 5.75 Å². The summed E-state index contributed by atoms with van der Waals surface area (Å²) in [6.07, 6.45) is 4.43. The molecule has 2 aliphatic rings. The van der Waals surface area contributed by atoms with Crippen molar-refractivity contribution >= 4 is 30.6 Å². The number of aromatic nitrogens is 2. The summed E-state index contributed by atoms with van der Waals surface area (Å²) >= 11 is 0. The number of primary amides is 1. The van der Waals surface area contributed by atoms with Crippen molar-refractivity contribution in [2.45, 2.75) is 26.3 Å². The van der Waals surface area contributed by atoms with Crippen LogP contribution in [-0.2, 0) is 4.74 Å². The first kappa shape index (κ1) is 18.6. The summed E-state index contributed by atoms with van der Waals surface area (Å²) in [4.78, 5) is 12.0. The topological polar surface area (TPSA) is 112 Å². The zero-order chi connectivity index (χ0) is 19.8. The second-order valence-electron chi connectivity index (χ2n) is 7.34. The molecule has 4 rings (SSSR count). The molecular weight excluding hydrogens is 359 g/mol. The number of anilines is 2. The highest BCUT2D eigenvalue weighted by Gasteiger charge is 2.27. The minimum Gasteiger partial charge on any atom is -0.532 e. The summed E-state index contributed by atoms with van der Waals surface area (Å²) < 4.78 is 12.8. The van der Waals surface area contributed by atoms with Gasteiger partial charge in [0.05, 0.1) is 12.6 Å². The number of hydrogen-bond acceptors (Lipinski definition) is 6. The molecule has 1 aromatic heterocycles. The van der Waals surface area contributed by atoms with E-state index < -0.39 is 13.0 Å². The number of nitrogens with zero attached hydrogens (tertiary/aromatic N) is 2.